The van der Waals surface area contributed by atoms with Crippen molar-refractivity contribution in [3.05, 3.63) is 90.5 Å². The number of nitrogens with one attached hydrogen (secondary N) is 1. The Morgan fingerprint density at radius 1 is 1.07 bits per heavy atom. The summed E-state index contributed by atoms with van der Waals surface area (Å²) in [7, 11) is 0. The molecule has 1 amide bonds. The number of amides is 1. The van der Waals surface area contributed by atoms with Crippen LogP contribution in [0.1, 0.15) is 34.8 Å². The number of aromatic amines is 1. The Labute approximate surface area is 175 Å². The highest BCUT2D eigenvalue weighted by atomic mass is 16.2. The van der Waals surface area contributed by atoms with Crippen LogP contribution in [0.5, 0.6) is 0 Å². The van der Waals surface area contributed by atoms with Crippen molar-refractivity contribution in [2.75, 3.05) is 13.1 Å². The molecule has 0 radical (unpaired) electrons. The molecule has 2 aromatic carbocycles. The zero-order valence-electron chi connectivity index (χ0n) is 16.6. The van der Waals surface area contributed by atoms with Crippen LogP contribution in [0.2, 0.25) is 0 Å². The predicted octanol–water partition coefficient (Wildman–Crippen LogP) is 4.28. The van der Waals surface area contributed by atoms with E-state index in [1.807, 2.05) is 65.8 Å². The van der Waals surface area contributed by atoms with Crippen molar-refractivity contribution in [2.45, 2.75) is 18.8 Å². The zero-order chi connectivity index (χ0) is 20.3. The maximum atomic E-state index is 13.3. The predicted molar refractivity (Wildman–Crippen MR) is 115 cm³/mol. The van der Waals surface area contributed by atoms with Crippen LogP contribution >= 0.6 is 0 Å². The number of rotatable bonds is 4. The zero-order valence-corrected chi connectivity index (χ0v) is 16.6. The van der Waals surface area contributed by atoms with Crippen molar-refractivity contribution >= 4 is 5.91 Å². The number of aromatic nitrogens is 4. The van der Waals surface area contributed by atoms with E-state index in [0.29, 0.717) is 12.1 Å². The van der Waals surface area contributed by atoms with Gasteiger partial charge in [0.2, 0.25) is 0 Å². The Morgan fingerprint density at radius 3 is 2.80 bits per heavy atom. The van der Waals surface area contributed by atoms with E-state index in [1.54, 1.807) is 10.9 Å². The molecule has 5 rings (SSSR count). The van der Waals surface area contributed by atoms with Crippen molar-refractivity contribution < 1.29 is 4.79 Å². The first kappa shape index (κ1) is 18.4. The van der Waals surface area contributed by atoms with E-state index in [-0.39, 0.29) is 11.8 Å². The molecule has 3 heterocycles. The van der Waals surface area contributed by atoms with Gasteiger partial charge in [-0.1, -0.05) is 36.4 Å². The average Bonchev–Trinajstić information content (AvgIpc) is 3.52. The van der Waals surface area contributed by atoms with Gasteiger partial charge in [0.25, 0.3) is 5.91 Å². The Bertz CT molecular complexity index is 1130. The normalized spacial score (nSPS) is 16.5. The minimum Gasteiger partial charge on any atom is -0.338 e. The van der Waals surface area contributed by atoms with Gasteiger partial charge in [0.05, 0.1) is 11.9 Å². The van der Waals surface area contributed by atoms with Gasteiger partial charge in [-0.2, -0.15) is 10.2 Å². The summed E-state index contributed by atoms with van der Waals surface area (Å²) in [5.41, 5.74) is 4.96. The Balaban J connectivity index is 1.37. The van der Waals surface area contributed by atoms with Crippen molar-refractivity contribution in [1.82, 2.24) is 24.9 Å². The van der Waals surface area contributed by atoms with Gasteiger partial charge in [-0.05, 0) is 42.7 Å². The summed E-state index contributed by atoms with van der Waals surface area (Å²) in [6.45, 7) is 1.46. The number of benzene rings is 2. The quantitative estimate of drug-likeness (QED) is 0.559. The molecule has 1 saturated heterocycles. The van der Waals surface area contributed by atoms with E-state index in [4.69, 9.17) is 0 Å². The first-order valence-corrected chi connectivity index (χ1v) is 10.3. The van der Waals surface area contributed by atoms with E-state index < -0.39 is 0 Å². The summed E-state index contributed by atoms with van der Waals surface area (Å²) in [6, 6.07) is 19.8. The first-order valence-electron chi connectivity index (χ1n) is 10.3. The Morgan fingerprint density at radius 2 is 1.97 bits per heavy atom. The molecule has 1 fully saturated rings. The molecule has 1 aliphatic rings. The molecule has 6 heteroatoms. The third-order valence-corrected chi connectivity index (χ3v) is 5.73. The topological polar surface area (TPSA) is 66.8 Å². The molecule has 0 saturated carbocycles. The fraction of sp³-hybridized carbons (Fsp3) is 0.208. The molecule has 6 nitrogen and oxygen atoms in total. The summed E-state index contributed by atoms with van der Waals surface area (Å²) in [5.74, 6) is 0.309. The van der Waals surface area contributed by atoms with Gasteiger partial charge in [-0.25, -0.2) is 4.68 Å². The lowest BCUT2D eigenvalue weighted by Crippen LogP contribution is -2.39. The van der Waals surface area contributed by atoms with E-state index in [1.165, 1.54) is 0 Å². The Kier molecular flexibility index (Phi) is 4.89. The highest BCUT2D eigenvalue weighted by Gasteiger charge is 2.28. The second-order valence-electron chi connectivity index (χ2n) is 7.65. The van der Waals surface area contributed by atoms with Crippen LogP contribution in [0.4, 0.5) is 0 Å². The van der Waals surface area contributed by atoms with Gasteiger partial charge in [0.15, 0.2) is 0 Å². The van der Waals surface area contributed by atoms with Gasteiger partial charge < -0.3 is 4.90 Å². The standard InChI is InChI=1S/C24H23N5O/c30-24(19-9-4-11-21(15-19)29-14-6-12-26-29)28-13-5-10-20(17-28)23-22(16-25-27-23)18-7-2-1-3-8-18/h1-4,6-9,11-12,14-16,20H,5,10,13,17H2,(H,25,27). The summed E-state index contributed by atoms with van der Waals surface area (Å²) in [4.78, 5) is 15.2. The number of H-pyrrole nitrogens is 1. The van der Waals surface area contributed by atoms with Gasteiger partial charge in [0, 0.05) is 48.2 Å². The molecule has 1 unspecified atom stereocenters. The van der Waals surface area contributed by atoms with E-state index in [2.05, 4.69) is 27.4 Å². The number of piperidine rings is 1. The number of nitrogens with zero attached hydrogens (tertiary/aromatic N) is 4. The molecular formula is C24H23N5O. The average molecular weight is 397 g/mol. The minimum absolute atomic E-state index is 0.0643. The fourth-order valence-electron chi connectivity index (χ4n) is 4.24. The van der Waals surface area contributed by atoms with Crippen molar-refractivity contribution in [3.8, 4) is 16.8 Å². The fourth-order valence-corrected chi connectivity index (χ4v) is 4.24. The van der Waals surface area contributed by atoms with Crippen LogP contribution in [-0.4, -0.2) is 43.9 Å². The lowest BCUT2D eigenvalue weighted by molar-refractivity contribution is 0.0706. The molecule has 0 aliphatic carbocycles. The minimum atomic E-state index is 0.0643. The van der Waals surface area contributed by atoms with Crippen LogP contribution in [-0.2, 0) is 0 Å². The maximum absolute atomic E-state index is 13.3. The smallest absolute Gasteiger partial charge is 0.253 e. The maximum Gasteiger partial charge on any atom is 0.253 e. The van der Waals surface area contributed by atoms with E-state index in [0.717, 1.165) is 41.9 Å². The van der Waals surface area contributed by atoms with Gasteiger partial charge in [-0.15, -0.1) is 0 Å². The van der Waals surface area contributed by atoms with Crippen LogP contribution in [0.3, 0.4) is 0 Å². The number of likely N-dealkylation sites (tertiary alicyclic amines) is 1. The van der Waals surface area contributed by atoms with Gasteiger partial charge in [-0.3, -0.25) is 9.89 Å². The number of carbonyl (C=O) groups is 1. The number of hydrogen-bond acceptors (Lipinski definition) is 3. The van der Waals surface area contributed by atoms with Crippen LogP contribution in [0, 0.1) is 0 Å². The van der Waals surface area contributed by atoms with E-state index >= 15 is 0 Å². The summed E-state index contributed by atoms with van der Waals surface area (Å²) in [6.07, 6.45) is 7.52. The SMILES string of the molecule is O=C(c1cccc(-n2cccn2)c1)N1CCCC(c2[nH]ncc2-c2ccccc2)C1. The molecule has 0 bridgehead atoms. The number of carbonyl (C=O) groups excluding carboxylic acids is 1. The number of hydrogen-bond donors (Lipinski definition) is 1. The third kappa shape index (κ3) is 3.52. The van der Waals surface area contributed by atoms with Crippen molar-refractivity contribution in [3.63, 3.8) is 0 Å². The lowest BCUT2D eigenvalue weighted by Gasteiger charge is -2.33. The molecule has 2 aromatic heterocycles. The molecule has 1 aliphatic heterocycles. The highest BCUT2D eigenvalue weighted by molar-refractivity contribution is 5.95. The van der Waals surface area contributed by atoms with Crippen LogP contribution in [0.15, 0.2) is 79.3 Å². The molecule has 1 N–H and O–H groups in total. The van der Waals surface area contributed by atoms with Gasteiger partial charge in [0.1, 0.15) is 0 Å². The highest BCUT2D eigenvalue weighted by Crippen LogP contribution is 2.33. The second kappa shape index (κ2) is 7.99. The molecular weight excluding hydrogens is 374 g/mol. The third-order valence-electron chi connectivity index (χ3n) is 5.73. The summed E-state index contributed by atoms with van der Waals surface area (Å²) in [5, 5.41) is 11.8. The van der Waals surface area contributed by atoms with Gasteiger partial charge >= 0.3 is 0 Å². The largest absolute Gasteiger partial charge is 0.338 e. The summed E-state index contributed by atoms with van der Waals surface area (Å²) >= 11 is 0. The van der Waals surface area contributed by atoms with Crippen LogP contribution in [0.25, 0.3) is 16.8 Å². The van der Waals surface area contributed by atoms with E-state index in [9.17, 15) is 4.79 Å². The summed E-state index contributed by atoms with van der Waals surface area (Å²) < 4.78 is 1.77. The van der Waals surface area contributed by atoms with Crippen LogP contribution < -0.4 is 0 Å². The molecule has 30 heavy (non-hydrogen) atoms. The molecule has 4 aromatic rings. The monoisotopic (exact) mass is 397 g/mol. The van der Waals surface area contributed by atoms with Crippen molar-refractivity contribution in [2.24, 2.45) is 0 Å². The molecule has 150 valence electrons. The first-order chi connectivity index (χ1) is 14.8. The molecule has 1 atom stereocenters. The lowest BCUT2D eigenvalue weighted by atomic mass is 9.90. The second-order valence-corrected chi connectivity index (χ2v) is 7.65. The Hall–Kier alpha value is -3.67. The molecule has 0 spiro atoms. The van der Waals surface area contributed by atoms with Crippen molar-refractivity contribution in [1.29, 1.82) is 0 Å².